The van der Waals surface area contributed by atoms with Crippen molar-refractivity contribution in [2.75, 3.05) is 7.11 Å². The normalized spacial score (nSPS) is 15.3. The molecular formula is C12H23NO4. The lowest BCUT2D eigenvalue weighted by atomic mass is 9.89. The maximum atomic E-state index is 12.0. The Morgan fingerprint density at radius 1 is 1.18 bits per heavy atom. The topological polar surface area (TPSA) is 78.6 Å². The van der Waals surface area contributed by atoms with Gasteiger partial charge in [0.05, 0.1) is 7.11 Å². The van der Waals surface area contributed by atoms with Crippen molar-refractivity contribution in [3.63, 3.8) is 0 Å². The zero-order valence-electron chi connectivity index (χ0n) is 11.5. The van der Waals surface area contributed by atoms with Gasteiger partial charge in [-0.05, 0) is 33.1 Å². The van der Waals surface area contributed by atoms with Crippen LogP contribution in [0, 0.1) is 5.92 Å². The van der Waals surface area contributed by atoms with Crippen molar-refractivity contribution in [3.05, 3.63) is 0 Å². The van der Waals surface area contributed by atoms with Crippen molar-refractivity contribution in [1.29, 1.82) is 0 Å². The van der Waals surface area contributed by atoms with E-state index in [2.05, 4.69) is 4.74 Å². The lowest BCUT2D eigenvalue weighted by Crippen LogP contribution is -2.58. The SMILES string of the molecule is COC(=O)C(N)(CC(C)C)C(=O)OC(C)(C)C. The first-order valence-corrected chi connectivity index (χ1v) is 5.63. The molecule has 0 aliphatic rings. The van der Waals surface area contributed by atoms with Crippen LogP contribution in [0.3, 0.4) is 0 Å². The molecule has 5 heteroatoms. The van der Waals surface area contributed by atoms with E-state index < -0.39 is 23.1 Å². The molecule has 0 saturated heterocycles. The molecule has 0 aromatic heterocycles. The van der Waals surface area contributed by atoms with Crippen molar-refractivity contribution in [1.82, 2.24) is 0 Å². The summed E-state index contributed by atoms with van der Waals surface area (Å²) < 4.78 is 9.75. The minimum Gasteiger partial charge on any atom is -0.467 e. The number of ether oxygens (including phenoxy) is 2. The summed E-state index contributed by atoms with van der Waals surface area (Å²) in [5, 5.41) is 0. The summed E-state index contributed by atoms with van der Waals surface area (Å²) in [5.41, 5.74) is 3.44. The first kappa shape index (κ1) is 15.9. The largest absolute Gasteiger partial charge is 0.467 e. The third-order valence-electron chi connectivity index (χ3n) is 2.04. The van der Waals surface area contributed by atoms with Crippen molar-refractivity contribution in [2.24, 2.45) is 11.7 Å². The number of nitrogens with two attached hydrogens (primary N) is 1. The molecule has 0 rings (SSSR count). The van der Waals surface area contributed by atoms with Gasteiger partial charge < -0.3 is 15.2 Å². The van der Waals surface area contributed by atoms with Gasteiger partial charge in [-0.15, -0.1) is 0 Å². The van der Waals surface area contributed by atoms with Gasteiger partial charge in [0.1, 0.15) is 5.60 Å². The van der Waals surface area contributed by atoms with Gasteiger partial charge in [0.15, 0.2) is 0 Å². The van der Waals surface area contributed by atoms with Crippen LogP contribution in [0.15, 0.2) is 0 Å². The molecule has 1 unspecified atom stereocenters. The van der Waals surface area contributed by atoms with Crippen LogP contribution in [0.4, 0.5) is 0 Å². The van der Waals surface area contributed by atoms with Crippen LogP contribution in [-0.4, -0.2) is 30.2 Å². The second-order valence-electron chi connectivity index (χ2n) is 5.56. The predicted octanol–water partition coefficient (Wildman–Crippen LogP) is 1.24. The molecule has 0 aromatic carbocycles. The van der Waals surface area contributed by atoms with Crippen molar-refractivity contribution < 1.29 is 19.1 Å². The zero-order valence-corrected chi connectivity index (χ0v) is 11.5. The number of carbonyl (C=O) groups is 2. The minimum absolute atomic E-state index is 0.0756. The van der Waals surface area contributed by atoms with Crippen LogP contribution in [0.1, 0.15) is 41.0 Å². The Hall–Kier alpha value is -1.10. The van der Waals surface area contributed by atoms with E-state index in [1.807, 2.05) is 13.8 Å². The molecule has 0 amide bonds. The molecule has 0 aliphatic heterocycles. The highest BCUT2D eigenvalue weighted by Gasteiger charge is 2.46. The van der Waals surface area contributed by atoms with Gasteiger partial charge in [0.2, 0.25) is 5.54 Å². The van der Waals surface area contributed by atoms with Gasteiger partial charge in [-0.2, -0.15) is 0 Å². The zero-order chi connectivity index (χ0) is 13.9. The average molecular weight is 245 g/mol. The maximum Gasteiger partial charge on any atom is 0.338 e. The van der Waals surface area contributed by atoms with Crippen molar-refractivity contribution in [3.8, 4) is 0 Å². The summed E-state index contributed by atoms with van der Waals surface area (Å²) in [6, 6.07) is 0. The first-order valence-electron chi connectivity index (χ1n) is 5.63. The van der Waals surface area contributed by atoms with E-state index in [9.17, 15) is 9.59 Å². The number of hydrogen-bond donors (Lipinski definition) is 1. The third kappa shape index (κ3) is 4.73. The van der Waals surface area contributed by atoms with Gasteiger partial charge in [-0.3, -0.25) is 0 Å². The summed E-state index contributed by atoms with van der Waals surface area (Å²) in [7, 11) is 1.20. The highest BCUT2D eigenvalue weighted by atomic mass is 16.6. The minimum atomic E-state index is -1.73. The van der Waals surface area contributed by atoms with E-state index in [0.29, 0.717) is 0 Å². The van der Waals surface area contributed by atoms with Gasteiger partial charge >= 0.3 is 11.9 Å². The molecule has 0 bridgehead atoms. The molecule has 0 spiro atoms. The number of rotatable bonds is 4. The standard InChI is InChI=1S/C12H23NO4/c1-8(2)7-12(13,9(14)16-6)10(15)17-11(3,4)5/h8H,7,13H2,1-6H3. The summed E-state index contributed by atoms with van der Waals surface area (Å²) in [6.45, 7) is 8.90. The van der Waals surface area contributed by atoms with Crippen LogP contribution in [0.5, 0.6) is 0 Å². The Morgan fingerprint density at radius 2 is 1.65 bits per heavy atom. The average Bonchev–Trinajstić information content (AvgIpc) is 2.12. The third-order valence-corrected chi connectivity index (χ3v) is 2.04. The van der Waals surface area contributed by atoms with Crippen LogP contribution in [0.25, 0.3) is 0 Å². The highest BCUT2D eigenvalue weighted by molar-refractivity contribution is 6.04. The highest BCUT2D eigenvalue weighted by Crippen LogP contribution is 2.21. The second kappa shape index (κ2) is 5.49. The van der Waals surface area contributed by atoms with Gasteiger partial charge in [-0.25, -0.2) is 9.59 Å². The molecular weight excluding hydrogens is 222 g/mol. The molecule has 1 atom stereocenters. The molecule has 100 valence electrons. The van der Waals surface area contributed by atoms with Gasteiger partial charge in [0.25, 0.3) is 0 Å². The molecule has 0 fully saturated rings. The van der Waals surface area contributed by atoms with Crippen LogP contribution >= 0.6 is 0 Å². The van der Waals surface area contributed by atoms with Crippen LogP contribution in [-0.2, 0) is 19.1 Å². The molecule has 0 aromatic rings. The number of esters is 2. The Labute approximate surface area is 103 Å². The number of carbonyl (C=O) groups excluding carboxylic acids is 2. The van der Waals surface area contributed by atoms with Crippen molar-refractivity contribution >= 4 is 11.9 Å². The molecule has 0 aliphatic carbocycles. The molecule has 0 radical (unpaired) electrons. The van der Waals surface area contributed by atoms with Gasteiger partial charge in [0, 0.05) is 0 Å². The van der Waals surface area contributed by atoms with Gasteiger partial charge in [-0.1, -0.05) is 13.8 Å². The molecule has 17 heavy (non-hydrogen) atoms. The lowest BCUT2D eigenvalue weighted by Gasteiger charge is -2.30. The number of methoxy groups -OCH3 is 1. The monoisotopic (exact) mass is 245 g/mol. The van der Waals surface area contributed by atoms with E-state index in [0.717, 1.165) is 0 Å². The van der Waals surface area contributed by atoms with E-state index in [4.69, 9.17) is 10.5 Å². The lowest BCUT2D eigenvalue weighted by molar-refractivity contribution is -0.171. The van der Waals surface area contributed by atoms with Crippen LogP contribution < -0.4 is 5.73 Å². The Bertz CT molecular complexity index is 293. The maximum absolute atomic E-state index is 12.0. The summed E-state index contributed by atoms with van der Waals surface area (Å²) in [5.74, 6) is -1.43. The Morgan fingerprint density at radius 3 is 1.94 bits per heavy atom. The Kier molecular flexibility index (Phi) is 5.13. The fraction of sp³-hybridized carbons (Fsp3) is 0.833. The molecule has 0 heterocycles. The van der Waals surface area contributed by atoms with Crippen molar-refractivity contribution in [2.45, 2.75) is 52.2 Å². The predicted molar refractivity (Wildman–Crippen MR) is 64.2 cm³/mol. The summed E-state index contributed by atoms with van der Waals surface area (Å²) >= 11 is 0. The van der Waals surface area contributed by atoms with E-state index in [-0.39, 0.29) is 12.3 Å². The van der Waals surface area contributed by atoms with Crippen LogP contribution in [0.2, 0.25) is 0 Å². The second-order valence-corrected chi connectivity index (χ2v) is 5.56. The molecule has 0 saturated carbocycles. The summed E-state index contributed by atoms with van der Waals surface area (Å²) in [6.07, 6.45) is 0.189. The Balaban J connectivity index is 5.05. The quantitative estimate of drug-likeness (QED) is 0.595. The fourth-order valence-corrected chi connectivity index (χ4v) is 1.45. The van der Waals surface area contributed by atoms with E-state index in [1.54, 1.807) is 20.8 Å². The first-order chi connectivity index (χ1) is 7.53. The van der Waals surface area contributed by atoms with E-state index >= 15 is 0 Å². The number of hydrogen-bond acceptors (Lipinski definition) is 5. The summed E-state index contributed by atoms with van der Waals surface area (Å²) in [4.78, 5) is 23.6. The fourth-order valence-electron chi connectivity index (χ4n) is 1.45. The smallest absolute Gasteiger partial charge is 0.338 e. The molecule has 5 nitrogen and oxygen atoms in total. The molecule has 2 N–H and O–H groups in total. The van der Waals surface area contributed by atoms with E-state index in [1.165, 1.54) is 7.11 Å².